The predicted molar refractivity (Wildman–Crippen MR) is 61.1 cm³/mol. The third-order valence-corrected chi connectivity index (χ3v) is 3.37. The Kier molecular flexibility index (Phi) is 2.45. The van der Waals surface area contributed by atoms with Gasteiger partial charge in [0.1, 0.15) is 0 Å². The molecule has 0 radical (unpaired) electrons. The molecule has 0 aliphatic carbocycles. The Bertz CT molecular complexity index is 518. The minimum Gasteiger partial charge on any atom is -0.478 e. The summed E-state index contributed by atoms with van der Waals surface area (Å²) in [5.41, 5.74) is 1.82. The number of esters is 1. The maximum atomic E-state index is 11.8. The highest BCUT2D eigenvalue weighted by Crippen LogP contribution is 2.31. The fourth-order valence-electron chi connectivity index (χ4n) is 2.05. The summed E-state index contributed by atoms with van der Waals surface area (Å²) in [5, 5.41) is 9.12. The zero-order valence-electron chi connectivity index (χ0n) is 10.0. The molecule has 0 saturated carbocycles. The van der Waals surface area contributed by atoms with E-state index in [0.29, 0.717) is 5.56 Å². The van der Waals surface area contributed by atoms with Gasteiger partial charge in [-0.05, 0) is 43.5 Å². The lowest BCUT2D eigenvalue weighted by atomic mass is 9.86. The summed E-state index contributed by atoms with van der Waals surface area (Å²) in [6.45, 7) is 5.26. The Hall–Kier alpha value is -1.84. The topological polar surface area (TPSA) is 63.6 Å². The molecule has 1 aromatic rings. The monoisotopic (exact) mass is 234 g/mol. The predicted octanol–water partition coefficient (Wildman–Crippen LogP) is 1.86. The average molecular weight is 234 g/mol. The molecule has 2 rings (SSSR count). The van der Waals surface area contributed by atoms with Crippen molar-refractivity contribution < 1.29 is 19.4 Å². The van der Waals surface area contributed by atoms with Crippen LogP contribution >= 0.6 is 0 Å². The van der Waals surface area contributed by atoms with Gasteiger partial charge in [-0.15, -0.1) is 0 Å². The molecule has 0 fully saturated rings. The molecule has 0 bridgehead atoms. The van der Waals surface area contributed by atoms with Gasteiger partial charge in [-0.3, -0.25) is 0 Å². The number of benzene rings is 1. The molecule has 0 aromatic heterocycles. The van der Waals surface area contributed by atoms with Gasteiger partial charge < -0.3 is 9.84 Å². The lowest BCUT2D eigenvalue weighted by Crippen LogP contribution is -2.46. The fourth-order valence-corrected chi connectivity index (χ4v) is 2.05. The first-order valence-corrected chi connectivity index (χ1v) is 5.41. The first-order valence-electron chi connectivity index (χ1n) is 5.41. The minimum atomic E-state index is -1.46. The quantitative estimate of drug-likeness (QED) is 0.753. The van der Waals surface area contributed by atoms with E-state index in [2.05, 4.69) is 0 Å². The molecule has 1 heterocycles. The Morgan fingerprint density at radius 2 is 2.06 bits per heavy atom. The Labute approximate surface area is 99.2 Å². The molecule has 4 nitrogen and oxygen atoms in total. The summed E-state index contributed by atoms with van der Waals surface area (Å²) in [6, 6.07) is 3.54. The number of carboxylic acids is 1. The van der Waals surface area contributed by atoms with Crippen molar-refractivity contribution in [1.82, 2.24) is 0 Å². The molecule has 1 N–H and O–H groups in total. The highest BCUT2D eigenvalue weighted by Gasteiger charge is 2.43. The molecule has 1 atom stereocenters. The summed E-state index contributed by atoms with van der Waals surface area (Å²) in [4.78, 5) is 22.9. The van der Waals surface area contributed by atoms with Crippen LogP contribution in [0.1, 0.15) is 34.0 Å². The van der Waals surface area contributed by atoms with E-state index in [-0.39, 0.29) is 6.42 Å². The summed E-state index contributed by atoms with van der Waals surface area (Å²) in [6.07, 6.45) is 0.219. The molecular formula is C13H14O4. The zero-order valence-corrected chi connectivity index (χ0v) is 10.0. The van der Waals surface area contributed by atoms with Gasteiger partial charge in [-0.1, -0.05) is 6.07 Å². The summed E-state index contributed by atoms with van der Waals surface area (Å²) in [7, 11) is 0. The van der Waals surface area contributed by atoms with Crippen LogP contribution in [-0.2, 0) is 16.0 Å². The van der Waals surface area contributed by atoms with E-state index in [1.807, 2.05) is 19.9 Å². The van der Waals surface area contributed by atoms with Crippen molar-refractivity contribution in [3.05, 3.63) is 34.4 Å². The highest BCUT2D eigenvalue weighted by molar-refractivity contribution is 5.96. The van der Waals surface area contributed by atoms with Crippen molar-refractivity contribution in [2.45, 2.75) is 32.8 Å². The van der Waals surface area contributed by atoms with Crippen molar-refractivity contribution in [2.75, 3.05) is 0 Å². The first-order chi connectivity index (χ1) is 7.85. The van der Waals surface area contributed by atoms with Crippen LogP contribution in [-0.4, -0.2) is 22.6 Å². The van der Waals surface area contributed by atoms with E-state index in [9.17, 15) is 9.59 Å². The third kappa shape index (κ3) is 1.69. The zero-order chi connectivity index (χ0) is 12.8. The number of ether oxygens (including phenoxy) is 1. The standard InChI is InChI=1S/C13H14O4/c1-7-4-5-9-10(8(7)2)6-13(3,12(15)16)17-11(9)14/h4-5H,6H2,1-3H3,(H,15,16). The Morgan fingerprint density at radius 1 is 1.41 bits per heavy atom. The largest absolute Gasteiger partial charge is 0.478 e. The highest BCUT2D eigenvalue weighted by atomic mass is 16.6. The number of cyclic esters (lactones) is 1. The SMILES string of the molecule is Cc1ccc2c(c1C)CC(C)(C(=O)O)OC2=O. The number of carbonyl (C=O) groups excluding carboxylic acids is 1. The van der Waals surface area contributed by atoms with Crippen molar-refractivity contribution in [2.24, 2.45) is 0 Å². The van der Waals surface area contributed by atoms with Crippen LogP contribution in [0.3, 0.4) is 0 Å². The van der Waals surface area contributed by atoms with Gasteiger partial charge >= 0.3 is 11.9 Å². The van der Waals surface area contributed by atoms with Crippen molar-refractivity contribution in [3.63, 3.8) is 0 Å². The van der Waals surface area contributed by atoms with Gasteiger partial charge in [0, 0.05) is 6.42 Å². The smallest absolute Gasteiger partial charge is 0.348 e. The van der Waals surface area contributed by atoms with Crippen LogP contribution in [0, 0.1) is 13.8 Å². The molecule has 90 valence electrons. The molecule has 1 aromatic carbocycles. The van der Waals surface area contributed by atoms with E-state index < -0.39 is 17.5 Å². The minimum absolute atomic E-state index is 0.219. The molecule has 0 saturated heterocycles. The van der Waals surface area contributed by atoms with Gasteiger partial charge in [0.15, 0.2) is 0 Å². The number of carbonyl (C=O) groups is 2. The lowest BCUT2D eigenvalue weighted by Gasteiger charge is -2.31. The normalized spacial score (nSPS) is 22.9. The third-order valence-electron chi connectivity index (χ3n) is 3.37. The maximum absolute atomic E-state index is 11.8. The van der Waals surface area contributed by atoms with Gasteiger partial charge in [0.25, 0.3) is 0 Å². The number of hydrogen-bond donors (Lipinski definition) is 1. The van der Waals surface area contributed by atoms with E-state index in [4.69, 9.17) is 9.84 Å². The van der Waals surface area contributed by atoms with E-state index in [1.165, 1.54) is 6.92 Å². The van der Waals surface area contributed by atoms with Gasteiger partial charge in [-0.2, -0.15) is 0 Å². The molecule has 1 aliphatic rings. The van der Waals surface area contributed by atoms with Crippen LogP contribution in [0.5, 0.6) is 0 Å². The number of fused-ring (bicyclic) bond motifs is 1. The Morgan fingerprint density at radius 3 is 2.65 bits per heavy atom. The van der Waals surface area contributed by atoms with Crippen molar-refractivity contribution in [3.8, 4) is 0 Å². The number of carboxylic acid groups (broad SMARTS) is 1. The maximum Gasteiger partial charge on any atom is 0.348 e. The van der Waals surface area contributed by atoms with Crippen LogP contribution < -0.4 is 0 Å². The van der Waals surface area contributed by atoms with E-state index >= 15 is 0 Å². The van der Waals surface area contributed by atoms with Crippen molar-refractivity contribution >= 4 is 11.9 Å². The number of aliphatic carboxylic acids is 1. The summed E-state index contributed by atoms with van der Waals surface area (Å²) < 4.78 is 5.02. The molecule has 0 amide bonds. The van der Waals surface area contributed by atoms with Crippen LogP contribution in [0.4, 0.5) is 0 Å². The molecule has 17 heavy (non-hydrogen) atoms. The van der Waals surface area contributed by atoms with Crippen LogP contribution in [0.25, 0.3) is 0 Å². The fraction of sp³-hybridized carbons (Fsp3) is 0.385. The number of rotatable bonds is 1. The number of aryl methyl sites for hydroxylation is 1. The van der Waals surface area contributed by atoms with Crippen LogP contribution in [0.2, 0.25) is 0 Å². The second-order valence-electron chi connectivity index (χ2n) is 4.64. The molecule has 1 aliphatic heterocycles. The molecular weight excluding hydrogens is 220 g/mol. The summed E-state index contributed by atoms with van der Waals surface area (Å²) >= 11 is 0. The average Bonchev–Trinajstić information content (AvgIpc) is 2.24. The second kappa shape index (κ2) is 3.58. The molecule has 4 heteroatoms. The van der Waals surface area contributed by atoms with E-state index in [0.717, 1.165) is 16.7 Å². The Balaban J connectivity index is 2.59. The number of hydrogen-bond acceptors (Lipinski definition) is 3. The van der Waals surface area contributed by atoms with Crippen LogP contribution in [0.15, 0.2) is 12.1 Å². The molecule has 0 spiro atoms. The lowest BCUT2D eigenvalue weighted by molar-refractivity contribution is -0.158. The van der Waals surface area contributed by atoms with Gasteiger partial charge in [0.2, 0.25) is 5.60 Å². The summed E-state index contributed by atoms with van der Waals surface area (Å²) in [5.74, 6) is -1.67. The second-order valence-corrected chi connectivity index (χ2v) is 4.64. The first kappa shape index (κ1) is 11.6. The van der Waals surface area contributed by atoms with Gasteiger partial charge in [-0.25, -0.2) is 9.59 Å². The molecule has 1 unspecified atom stereocenters. The van der Waals surface area contributed by atoms with Crippen molar-refractivity contribution in [1.29, 1.82) is 0 Å². The van der Waals surface area contributed by atoms with E-state index in [1.54, 1.807) is 6.07 Å². The van der Waals surface area contributed by atoms with Gasteiger partial charge in [0.05, 0.1) is 5.56 Å².